The Morgan fingerprint density at radius 3 is 2.62 bits per heavy atom. The standard InChI is InChI=1S/C25H30F3N5O/c1-5-33-11-9-16(10-12-33)18-13-19-22(29-14-30-23(19)32-24(18)34-4)31-15(2)17-7-6-8-20(21(17)26)25(3,27)28/h6-8,13-16H,5,9-12H2,1-4H3,(H,29,30,31,32)/t15-/m1/s1. The van der Waals surface area contributed by atoms with Crippen molar-refractivity contribution in [3.63, 3.8) is 0 Å². The zero-order valence-electron chi connectivity index (χ0n) is 19.9. The predicted molar refractivity (Wildman–Crippen MR) is 126 cm³/mol. The van der Waals surface area contributed by atoms with Gasteiger partial charge in [-0.05, 0) is 51.4 Å². The molecule has 2 aromatic heterocycles. The number of nitrogens with one attached hydrogen (secondary N) is 1. The number of piperidine rings is 1. The molecule has 0 bridgehead atoms. The molecule has 0 aliphatic carbocycles. The molecule has 0 unspecified atom stereocenters. The van der Waals surface area contributed by atoms with Crippen LogP contribution in [0.2, 0.25) is 0 Å². The summed E-state index contributed by atoms with van der Waals surface area (Å²) in [7, 11) is 1.60. The summed E-state index contributed by atoms with van der Waals surface area (Å²) in [5.41, 5.74) is 0.957. The van der Waals surface area contributed by atoms with E-state index in [4.69, 9.17) is 4.74 Å². The monoisotopic (exact) mass is 473 g/mol. The summed E-state index contributed by atoms with van der Waals surface area (Å²) in [6.07, 6.45) is 3.36. The van der Waals surface area contributed by atoms with Crippen molar-refractivity contribution in [2.24, 2.45) is 0 Å². The summed E-state index contributed by atoms with van der Waals surface area (Å²) in [6.45, 7) is 7.61. The first-order valence-electron chi connectivity index (χ1n) is 11.6. The van der Waals surface area contributed by atoms with Crippen LogP contribution in [0.25, 0.3) is 11.0 Å². The Labute approximate surface area is 197 Å². The second kappa shape index (κ2) is 9.74. The number of likely N-dealkylation sites (tertiary alicyclic amines) is 1. The van der Waals surface area contributed by atoms with Gasteiger partial charge < -0.3 is 15.0 Å². The van der Waals surface area contributed by atoms with Gasteiger partial charge in [-0.25, -0.2) is 23.1 Å². The lowest BCUT2D eigenvalue weighted by atomic mass is 9.89. The molecule has 1 N–H and O–H groups in total. The maximum atomic E-state index is 14.9. The zero-order valence-corrected chi connectivity index (χ0v) is 19.9. The van der Waals surface area contributed by atoms with Gasteiger partial charge in [0.15, 0.2) is 5.65 Å². The van der Waals surface area contributed by atoms with Gasteiger partial charge in [0.05, 0.1) is 24.1 Å². The Bertz CT molecular complexity index is 1160. The minimum atomic E-state index is -3.27. The lowest BCUT2D eigenvalue weighted by Crippen LogP contribution is -2.32. The Hall–Kier alpha value is -2.94. The van der Waals surface area contributed by atoms with Crippen molar-refractivity contribution in [2.45, 2.75) is 51.5 Å². The smallest absolute Gasteiger partial charge is 0.273 e. The van der Waals surface area contributed by atoms with Gasteiger partial charge in [-0.15, -0.1) is 0 Å². The number of nitrogens with zero attached hydrogens (tertiary/aromatic N) is 4. The average molecular weight is 474 g/mol. The van der Waals surface area contributed by atoms with Crippen molar-refractivity contribution in [1.82, 2.24) is 19.9 Å². The van der Waals surface area contributed by atoms with Gasteiger partial charge in [-0.2, -0.15) is 4.98 Å². The van der Waals surface area contributed by atoms with Crippen LogP contribution >= 0.6 is 0 Å². The van der Waals surface area contributed by atoms with E-state index in [-0.39, 0.29) is 5.56 Å². The van der Waals surface area contributed by atoms with Crippen LogP contribution in [0, 0.1) is 5.82 Å². The van der Waals surface area contributed by atoms with Crippen molar-refractivity contribution in [3.8, 4) is 5.88 Å². The molecule has 1 fully saturated rings. The largest absolute Gasteiger partial charge is 0.481 e. The van der Waals surface area contributed by atoms with Gasteiger partial charge in [-0.3, -0.25) is 0 Å². The molecule has 0 radical (unpaired) electrons. The highest BCUT2D eigenvalue weighted by molar-refractivity contribution is 5.87. The lowest BCUT2D eigenvalue weighted by molar-refractivity contribution is 0.0136. The van der Waals surface area contributed by atoms with Gasteiger partial charge >= 0.3 is 0 Å². The molecule has 0 amide bonds. The molecule has 3 heterocycles. The second-order valence-corrected chi connectivity index (χ2v) is 8.85. The molecule has 34 heavy (non-hydrogen) atoms. The minimum absolute atomic E-state index is 0.138. The molecule has 1 aromatic carbocycles. The normalized spacial score (nSPS) is 16.6. The van der Waals surface area contributed by atoms with Crippen LogP contribution < -0.4 is 10.1 Å². The molecule has 0 saturated carbocycles. The molecule has 4 rings (SSSR count). The number of hydrogen-bond donors (Lipinski definition) is 1. The van der Waals surface area contributed by atoms with Crippen LogP contribution in [-0.2, 0) is 5.92 Å². The fraction of sp³-hybridized carbons (Fsp3) is 0.480. The van der Waals surface area contributed by atoms with E-state index in [9.17, 15) is 13.2 Å². The van der Waals surface area contributed by atoms with Crippen molar-refractivity contribution < 1.29 is 17.9 Å². The van der Waals surface area contributed by atoms with E-state index in [2.05, 4.69) is 32.1 Å². The van der Waals surface area contributed by atoms with Crippen LogP contribution in [0.4, 0.5) is 19.0 Å². The van der Waals surface area contributed by atoms with E-state index >= 15 is 0 Å². The summed E-state index contributed by atoms with van der Waals surface area (Å²) < 4.78 is 48.2. The van der Waals surface area contributed by atoms with Crippen LogP contribution in [0.5, 0.6) is 5.88 Å². The number of methoxy groups -OCH3 is 1. The van der Waals surface area contributed by atoms with E-state index in [1.807, 2.05) is 6.07 Å². The van der Waals surface area contributed by atoms with Gasteiger partial charge in [0.1, 0.15) is 18.0 Å². The van der Waals surface area contributed by atoms with Crippen LogP contribution in [0.15, 0.2) is 30.6 Å². The van der Waals surface area contributed by atoms with Crippen LogP contribution in [0.3, 0.4) is 0 Å². The van der Waals surface area contributed by atoms with Gasteiger partial charge in [0.2, 0.25) is 5.88 Å². The Balaban J connectivity index is 1.69. The highest BCUT2D eigenvalue weighted by Crippen LogP contribution is 2.37. The van der Waals surface area contributed by atoms with Gasteiger partial charge in [0, 0.05) is 18.1 Å². The van der Waals surface area contributed by atoms with Crippen LogP contribution in [0.1, 0.15) is 62.3 Å². The maximum Gasteiger partial charge on any atom is 0.273 e. The number of benzene rings is 1. The molecule has 9 heteroatoms. The summed E-state index contributed by atoms with van der Waals surface area (Å²) in [5, 5.41) is 3.86. The molecule has 182 valence electrons. The van der Waals surface area contributed by atoms with Crippen molar-refractivity contribution in [1.29, 1.82) is 0 Å². The number of aromatic nitrogens is 3. The first-order chi connectivity index (χ1) is 16.2. The van der Waals surface area contributed by atoms with E-state index < -0.39 is 23.3 Å². The quantitative estimate of drug-likeness (QED) is 0.478. The molecule has 1 saturated heterocycles. The number of pyridine rings is 1. The number of fused-ring (bicyclic) bond motifs is 1. The molecule has 1 aliphatic heterocycles. The molecule has 1 atom stereocenters. The SMILES string of the molecule is CCN1CCC(c2cc3c(N[C@H](C)c4cccc(C(C)(F)F)c4F)ncnc3nc2OC)CC1. The molecular weight excluding hydrogens is 443 g/mol. The zero-order chi connectivity index (χ0) is 24.5. The van der Waals surface area contributed by atoms with E-state index in [1.165, 1.54) is 18.5 Å². The van der Waals surface area contributed by atoms with E-state index in [0.29, 0.717) is 35.6 Å². The first-order valence-corrected chi connectivity index (χ1v) is 11.6. The number of hydrogen-bond acceptors (Lipinski definition) is 6. The average Bonchev–Trinajstić information content (AvgIpc) is 2.82. The topological polar surface area (TPSA) is 63.2 Å². The Morgan fingerprint density at radius 1 is 1.24 bits per heavy atom. The summed E-state index contributed by atoms with van der Waals surface area (Å²) in [6, 6.07) is 5.43. The lowest BCUT2D eigenvalue weighted by Gasteiger charge is -2.31. The van der Waals surface area contributed by atoms with E-state index in [1.54, 1.807) is 14.0 Å². The number of rotatable bonds is 7. The number of ether oxygens (including phenoxy) is 1. The number of anilines is 1. The number of alkyl halides is 2. The second-order valence-electron chi connectivity index (χ2n) is 8.85. The highest BCUT2D eigenvalue weighted by Gasteiger charge is 2.30. The molecule has 6 nitrogen and oxygen atoms in total. The first kappa shape index (κ1) is 24.2. The molecule has 3 aromatic rings. The van der Waals surface area contributed by atoms with Crippen molar-refractivity contribution in [3.05, 3.63) is 53.1 Å². The fourth-order valence-corrected chi connectivity index (χ4v) is 4.62. The fourth-order valence-electron chi connectivity index (χ4n) is 4.62. The highest BCUT2D eigenvalue weighted by atomic mass is 19.3. The summed E-state index contributed by atoms with van der Waals surface area (Å²) in [5.74, 6) is -2.89. The molecular formula is C25H30F3N5O. The Kier molecular flexibility index (Phi) is 6.93. The predicted octanol–water partition coefficient (Wildman–Crippen LogP) is 5.66. The van der Waals surface area contributed by atoms with Crippen molar-refractivity contribution in [2.75, 3.05) is 32.1 Å². The third-order valence-corrected chi connectivity index (χ3v) is 6.61. The van der Waals surface area contributed by atoms with Crippen molar-refractivity contribution >= 4 is 16.9 Å². The Morgan fingerprint density at radius 2 is 1.97 bits per heavy atom. The van der Waals surface area contributed by atoms with Crippen LogP contribution in [-0.4, -0.2) is 46.6 Å². The third kappa shape index (κ3) is 4.80. The summed E-state index contributed by atoms with van der Waals surface area (Å²) in [4.78, 5) is 15.7. The third-order valence-electron chi connectivity index (χ3n) is 6.61. The molecule has 0 spiro atoms. The summed E-state index contributed by atoms with van der Waals surface area (Å²) >= 11 is 0. The number of halogens is 3. The molecule has 1 aliphatic rings. The van der Waals surface area contributed by atoms with Gasteiger partial charge in [-0.1, -0.05) is 25.1 Å². The van der Waals surface area contributed by atoms with E-state index in [0.717, 1.165) is 44.1 Å². The van der Waals surface area contributed by atoms with Gasteiger partial charge in [0.25, 0.3) is 5.92 Å². The maximum absolute atomic E-state index is 14.9. The minimum Gasteiger partial charge on any atom is -0.481 e.